The number of rotatable bonds is 4. The van der Waals surface area contributed by atoms with E-state index in [-0.39, 0.29) is 6.61 Å². The average molecular weight is 338 g/mol. The van der Waals surface area contributed by atoms with Gasteiger partial charge in [0.1, 0.15) is 5.75 Å². The summed E-state index contributed by atoms with van der Waals surface area (Å²) in [7, 11) is 0. The molecule has 2 aromatic carbocycles. The number of pyridine rings is 1. The van der Waals surface area contributed by atoms with Crippen molar-refractivity contribution in [3.63, 3.8) is 0 Å². The molecule has 0 amide bonds. The molecule has 0 spiro atoms. The van der Waals surface area contributed by atoms with Gasteiger partial charge in [-0.05, 0) is 36.4 Å². The molecule has 4 rings (SSSR count). The zero-order valence-electron chi connectivity index (χ0n) is 12.5. The van der Waals surface area contributed by atoms with Crippen LogP contribution in [0.15, 0.2) is 65.2 Å². The van der Waals surface area contributed by atoms with Crippen LogP contribution < -0.4 is 4.74 Å². The predicted octanol–water partition coefficient (Wildman–Crippen LogP) is 4.52. The monoisotopic (exact) mass is 337 g/mol. The molecule has 0 bridgehead atoms. The van der Waals surface area contributed by atoms with Crippen LogP contribution in [0.5, 0.6) is 5.75 Å². The Labute approximate surface area is 142 Å². The van der Waals surface area contributed by atoms with Crippen LogP contribution >= 0.6 is 11.6 Å². The highest BCUT2D eigenvalue weighted by molar-refractivity contribution is 6.33. The van der Waals surface area contributed by atoms with E-state index in [9.17, 15) is 0 Å². The van der Waals surface area contributed by atoms with Crippen LogP contribution in [0.25, 0.3) is 22.4 Å². The van der Waals surface area contributed by atoms with Gasteiger partial charge in [0.2, 0.25) is 5.89 Å². The van der Waals surface area contributed by atoms with E-state index in [1.807, 2.05) is 48.5 Å². The molecule has 0 aliphatic rings. The minimum absolute atomic E-state index is 0.184. The van der Waals surface area contributed by atoms with Crippen molar-refractivity contribution < 1.29 is 9.15 Å². The van der Waals surface area contributed by atoms with Gasteiger partial charge in [-0.3, -0.25) is 4.98 Å². The molecule has 0 N–H and O–H groups in total. The van der Waals surface area contributed by atoms with Gasteiger partial charge in [-0.1, -0.05) is 29.8 Å². The molecule has 0 atom stereocenters. The van der Waals surface area contributed by atoms with Crippen molar-refractivity contribution in [3.05, 3.63) is 71.7 Å². The maximum Gasteiger partial charge on any atom is 0.254 e. The molecule has 4 aromatic rings. The fraction of sp³-hybridized carbons (Fsp3) is 0.0556. The minimum atomic E-state index is 0.184. The molecule has 2 aromatic heterocycles. The second kappa shape index (κ2) is 6.29. The Bertz CT molecular complexity index is 1000. The van der Waals surface area contributed by atoms with Crippen LogP contribution in [0.4, 0.5) is 0 Å². The Balaban J connectivity index is 1.51. The Hall–Kier alpha value is -2.92. The first kappa shape index (κ1) is 14.7. The summed E-state index contributed by atoms with van der Waals surface area (Å²) >= 11 is 6.13. The summed E-state index contributed by atoms with van der Waals surface area (Å²) in [5.41, 5.74) is 1.62. The van der Waals surface area contributed by atoms with Crippen LogP contribution in [-0.4, -0.2) is 15.2 Å². The van der Waals surface area contributed by atoms with Gasteiger partial charge in [0.15, 0.2) is 6.61 Å². The number of ether oxygens (including phenoxy) is 1. The summed E-state index contributed by atoms with van der Waals surface area (Å²) in [6.07, 6.45) is 1.76. The van der Waals surface area contributed by atoms with Gasteiger partial charge in [0.25, 0.3) is 5.89 Å². The van der Waals surface area contributed by atoms with Gasteiger partial charge >= 0.3 is 0 Å². The van der Waals surface area contributed by atoms with Crippen molar-refractivity contribution in [1.82, 2.24) is 15.2 Å². The highest BCUT2D eigenvalue weighted by atomic mass is 35.5. The number of hydrogen-bond acceptors (Lipinski definition) is 5. The number of benzene rings is 2. The Morgan fingerprint density at radius 2 is 1.92 bits per heavy atom. The van der Waals surface area contributed by atoms with Gasteiger partial charge < -0.3 is 9.15 Å². The van der Waals surface area contributed by atoms with E-state index in [1.165, 1.54) is 0 Å². The van der Waals surface area contributed by atoms with Crippen LogP contribution in [0, 0.1) is 0 Å². The van der Waals surface area contributed by atoms with Crippen LogP contribution in [-0.2, 0) is 6.61 Å². The van der Waals surface area contributed by atoms with Crippen LogP contribution in [0.2, 0.25) is 5.02 Å². The predicted molar refractivity (Wildman–Crippen MR) is 90.8 cm³/mol. The molecule has 0 aliphatic heterocycles. The van der Waals surface area contributed by atoms with Gasteiger partial charge in [-0.15, -0.1) is 10.2 Å². The summed E-state index contributed by atoms with van der Waals surface area (Å²) in [4.78, 5) is 4.28. The van der Waals surface area contributed by atoms with Gasteiger partial charge in [0, 0.05) is 11.6 Å². The summed E-state index contributed by atoms with van der Waals surface area (Å²) in [5.74, 6) is 1.48. The van der Waals surface area contributed by atoms with E-state index < -0.39 is 0 Å². The minimum Gasteiger partial charge on any atom is -0.484 e. The zero-order valence-corrected chi connectivity index (χ0v) is 13.3. The van der Waals surface area contributed by atoms with Crippen LogP contribution in [0.1, 0.15) is 5.89 Å². The van der Waals surface area contributed by atoms with Crippen molar-refractivity contribution >= 4 is 22.5 Å². The van der Waals surface area contributed by atoms with E-state index in [1.54, 1.807) is 12.3 Å². The molecule has 24 heavy (non-hydrogen) atoms. The Morgan fingerprint density at radius 3 is 2.83 bits per heavy atom. The molecule has 0 unspecified atom stereocenters. The maximum absolute atomic E-state index is 6.13. The lowest BCUT2D eigenvalue weighted by molar-refractivity contribution is 0.265. The maximum atomic E-state index is 6.13. The summed E-state index contributed by atoms with van der Waals surface area (Å²) in [6, 6.07) is 16.9. The van der Waals surface area contributed by atoms with Crippen LogP contribution in [0.3, 0.4) is 0 Å². The van der Waals surface area contributed by atoms with Crippen molar-refractivity contribution in [3.8, 4) is 17.2 Å². The molecule has 118 valence electrons. The largest absolute Gasteiger partial charge is 0.484 e. The normalized spacial score (nSPS) is 10.9. The second-order valence-corrected chi connectivity index (χ2v) is 5.53. The third-order valence-corrected chi connectivity index (χ3v) is 3.84. The molecule has 0 saturated heterocycles. The van der Waals surface area contributed by atoms with Crippen molar-refractivity contribution in [2.24, 2.45) is 0 Å². The number of halogens is 1. The topological polar surface area (TPSA) is 61.0 Å². The third-order valence-electron chi connectivity index (χ3n) is 3.51. The van der Waals surface area contributed by atoms with Crippen molar-refractivity contribution in [2.45, 2.75) is 6.61 Å². The Kier molecular flexibility index (Phi) is 3.84. The van der Waals surface area contributed by atoms with E-state index in [2.05, 4.69) is 15.2 Å². The number of nitrogens with zero attached hydrogens (tertiary/aromatic N) is 3. The van der Waals surface area contributed by atoms with E-state index in [4.69, 9.17) is 20.8 Å². The molecule has 0 fully saturated rings. The highest BCUT2D eigenvalue weighted by Crippen LogP contribution is 2.26. The quantitative estimate of drug-likeness (QED) is 0.548. The molecule has 6 heteroatoms. The third kappa shape index (κ3) is 2.94. The summed E-state index contributed by atoms with van der Waals surface area (Å²) in [5, 5.41) is 9.59. The highest BCUT2D eigenvalue weighted by Gasteiger charge is 2.12. The molecule has 0 aliphatic carbocycles. The van der Waals surface area contributed by atoms with Crippen molar-refractivity contribution in [2.75, 3.05) is 0 Å². The lowest BCUT2D eigenvalue weighted by Gasteiger charge is -2.04. The lowest BCUT2D eigenvalue weighted by Crippen LogP contribution is -1.95. The second-order valence-electron chi connectivity index (χ2n) is 5.13. The van der Waals surface area contributed by atoms with Crippen molar-refractivity contribution in [1.29, 1.82) is 0 Å². The summed E-state index contributed by atoms with van der Waals surface area (Å²) in [6.45, 7) is 0.184. The summed E-state index contributed by atoms with van der Waals surface area (Å²) < 4.78 is 11.3. The number of aromatic nitrogens is 3. The first-order chi connectivity index (χ1) is 11.8. The number of hydrogen-bond donors (Lipinski definition) is 0. The SMILES string of the molecule is Clc1ccccc1-c1nnc(COc2ccc3ncccc3c2)o1. The van der Waals surface area contributed by atoms with E-state index in [0.29, 0.717) is 28.1 Å². The molecule has 5 nitrogen and oxygen atoms in total. The molecule has 2 heterocycles. The standard InChI is InChI=1S/C18H12ClN3O2/c19-15-6-2-1-5-14(15)18-22-21-17(24-18)11-23-13-7-8-16-12(10-13)4-3-9-20-16/h1-10H,11H2. The zero-order chi connectivity index (χ0) is 16.4. The van der Waals surface area contributed by atoms with E-state index >= 15 is 0 Å². The Morgan fingerprint density at radius 1 is 1.00 bits per heavy atom. The fourth-order valence-electron chi connectivity index (χ4n) is 2.34. The molecular weight excluding hydrogens is 326 g/mol. The fourth-order valence-corrected chi connectivity index (χ4v) is 2.56. The van der Waals surface area contributed by atoms with E-state index in [0.717, 1.165) is 10.9 Å². The first-order valence-electron chi connectivity index (χ1n) is 7.34. The smallest absolute Gasteiger partial charge is 0.254 e. The first-order valence-corrected chi connectivity index (χ1v) is 7.72. The van der Waals surface area contributed by atoms with Gasteiger partial charge in [0.05, 0.1) is 16.1 Å². The molecular formula is C18H12ClN3O2. The molecule has 0 saturated carbocycles. The molecule has 0 radical (unpaired) electrons. The number of fused-ring (bicyclic) bond motifs is 1. The van der Waals surface area contributed by atoms with Gasteiger partial charge in [-0.2, -0.15) is 0 Å². The average Bonchev–Trinajstić information content (AvgIpc) is 3.09. The van der Waals surface area contributed by atoms with Gasteiger partial charge in [-0.25, -0.2) is 0 Å². The lowest BCUT2D eigenvalue weighted by atomic mass is 10.2.